The average Bonchev–Trinajstić information content (AvgIpc) is 2.84. The van der Waals surface area contributed by atoms with Gasteiger partial charge in [-0.15, -0.1) is 0 Å². The van der Waals surface area contributed by atoms with Gasteiger partial charge in [0, 0.05) is 36.4 Å². The van der Waals surface area contributed by atoms with E-state index in [1.54, 1.807) is 29.3 Å². The van der Waals surface area contributed by atoms with Crippen molar-refractivity contribution < 1.29 is 0 Å². The predicted octanol–water partition coefficient (Wildman–Crippen LogP) is 1.37. The fraction of sp³-hybridized carbons (Fsp3) is 0.154. The number of nitrogens with two attached hydrogens (primary N) is 1. The van der Waals surface area contributed by atoms with E-state index in [4.69, 9.17) is 5.73 Å². The zero-order chi connectivity index (χ0) is 12.4. The number of nitrogens with zero attached hydrogens (tertiary/aromatic N) is 4. The van der Waals surface area contributed by atoms with Crippen LogP contribution in [0, 0.1) is 0 Å². The largest absolute Gasteiger partial charge is 0.324 e. The molecule has 0 spiro atoms. The van der Waals surface area contributed by atoms with Crippen LogP contribution in [-0.2, 0) is 6.42 Å². The molecule has 5 nitrogen and oxygen atoms in total. The Morgan fingerprint density at radius 3 is 2.78 bits per heavy atom. The minimum Gasteiger partial charge on any atom is -0.324 e. The molecule has 0 aliphatic rings. The molecular formula is C13H13N5. The van der Waals surface area contributed by atoms with Crippen LogP contribution in [0.25, 0.3) is 5.52 Å². The second-order valence-electron chi connectivity index (χ2n) is 4.17. The SMILES string of the molecule is NC(Cc1ccncc1)c1cnn2ccncc12. The van der Waals surface area contributed by atoms with E-state index in [-0.39, 0.29) is 6.04 Å². The van der Waals surface area contributed by atoms with Crippen LogP contribution in [0.3, 0.4) is 0 Å². The molecule has 2 N–H and O–H groups in total. The van der Waals surface area contributed by atoms with Gasteiger partial charge in [0.2, 0.25) is 0 Å². The number of hydrogen-bond donors (Lipinski definition) is 1. The highest BCUT2D eigenvalue weighted by Gasteiger charge is 2.12. The summed E-state index contributed by atoms with van der Waals surface area (Å²) in [6, 6.07) is 3.86. The van der Waals surface area contributed by atoms with E-state index in [0.717, 1.165) is 17.5 Å². The Morgan fingerprint density at radius 2 is 1.94 bits per heavy atom. The predicted molar refractivity (Wildman–Crippen MR) is 67.9 cm³/mol. The molecule has 0 saturated heterocycles. The highest BCUT2D eigenvalue weighted by atomic mass is 15.2. The van der Waals surface area contributed by atoms with Crippen LogP contribution in [0.1, 0.15) is 17.2 Å². The van der Waals surface area contributed by atoms with Crippen molar-refractivity contribution in [2.24, 2.45) is 5.73 Å². The lowest BCUT2D eigenvalue weighted by Gasteiger charge is -2.09. The van der Waals surface area contributed by atoms with Crippen molar-refractivity contribution in [2.45, 2.75) is 12.5 Å². The van der Waals surface area contributed by atoms with Gasteiger partial charge < -0.3 is 5.73 Å². The van der Waals surface area contributed by atoms with E-state index in [9.17, 15) is 0 Å². The molecule has 0 fully saturated rings. The summed E-state index contributed by atoms with van der Waals surface area (Å²) in [6.07, 6.45) is 11.4. The second-order valence-corrected chi connectivity index (χ2v) is 4.17. The van der Waals surface area contributed by atoms with Gasteiger partial charge in [0.15, 0.2) is 0 Å². The molecule has 0 bridgehead atoms. The maximum absolute atomic E-state index is 6.24. The van der Waals surface area contributed by atoms with Crippen molar-refractivity contribution in [1.29, 1.82) is 0 Å². The van der Waals surface area contributed by atoms with E-state index >= 15 is 0 Å². The summed E-state index contributed by atoms with van der Waals surface area (Å²) in [5.74, 6) is 0. The molecule has 0 saturated carbocycles. The number of pyridine rings is 1. The number of aromatic nitrogens is 4. The summed E-state index contributed by atoms with van der Waals surface area (Å²) in [5.41, 5.74) is 9.37. The van der Waals surface area contributed by atoms with Crippen LogP contribution >= 0.6 is 0 Å². The third kappa shape index (κ3) is 1.96. The number of rotatable bonds is 3. The lowest BCUT2D eigenvalue weighted by Crippen LogP contribution is -2.13. The van der Waals surface area contributed by atoms with Crippen molar-refractivity contribution in [1.82, 2.24) is 19.6 Å². The van der Waals surface area contributed by atoms with E-state index in [2.05, 4.69) is 15.1 Å². The molecule has 3 aromatic rings. The molecule has 3 heterocycles. The lowest BCUT2D eigenvalue weighted by atomic mass is 10.0. The monoisotopic (exact) mass is 239 g/mol. The molecule has 0 aliphatic carbocycles. The van der Waals surface area contributed by atoms with E-state index < -0.39 is 0 Å². The average molecular weight is 239 g/mol. The zero-order valence-corrected chi connectivity index (χ0v) is 9.77. The first-order chi connectivity index (χ1) is 8.84. The summed E-state index contributed by atoms with van der Waals surface area (Å²) in [7, 11) is 0. The first-order valence-corrected chi connectivity index (χ1v) is 5.76. The Bertz CT molecular complexity index is 647. The highest BCUT2D eigenvalue weighted by molar-refractivity contribution is 5.53. The Balaban J connectivity index is 1.90. The molecule has 90 valence electrons. The Labute approximate surface area is 104 Å². The molecule has 1 atom stereocenters. The van der Waals surface area contributed by atoms with Crippen molar-refractivity contribution in [2.75, 3.05) is 0 Å². The van der Waals surface area contributed by atoms with Gasteiger partial charge in [-0.1, -0.05) is 0 Å². The van der Waals surface area contributed by atoms with Gasteiger partial charge >= 0.3 is 0 Å². The molecule has 0 radical (unpaired) electrons. The van der Waals surface area contributed by atoms with Crippen molar-refractivity contribution in [3.05, 3.63) is 60.4 Å². The molecule has 18 heavy (non-hydrogen) atoms. The first kappa shape index (κ1) is 10.9. The van der Waals surface area contributed by atoms with Gasteiger partial charge in [-0.05, 0) is 24.1 Å². The minimum atomic E-state index is -0.0888. The fourth-order valence-corrected chi connectivity index (χ4v) is 2.02. The van der Waals surface area contributed by atoms with E-state index in [1.165, 1.54) is 5.56 Å². The Hall–Kier alpha value is -2.27. The molecule has 0 aromatic carbocycles. The smallest absolute Gasteiger partial charge is 0.0892 e. The zero-order valence-electron chi connectivity index (χ0n) is 9.77. The molecular weight excluding hydrogens is 226 g/mol. The van der Waals surface area contributed by atoms with Crippen LogP contribution in [0.15, 0.2) is 49.3 Å². The molecule has 1 unspecified atom stereocenters. The summed E-state index contributed by atoms with van der Waals surface area (Å²) >= 11 is 0. The van der Waals surface area contributed by atoms with Gasteiger partial charge in [-0.2, -0.15) is 5.10 Å². The fourth-order valence-electron chi connectivity index (χ4n) is 2.02. The molecule has 0 amide bonds. The first-order valence-electron chi connectivity index (χ1n) is 5.76. The molecule has 5 heteroatoms. The van der Waals surface area contributed by atoms with Crippen LogP contribution in [0.4, 0.5) is 0 Å². The standard InChI is InChI=1S/C13H13N5/c14-12(7-10-1-3-15-4-2-10)11-8-17-18-6-5-16-9-13(11)18/h1-6,8-9,12H,7,14H2. The third-order valence-corrected chi connectivity index (χ3v) is 2.96. The third-order valence-electron chi connectivity index (χ3n) is 2.96. The van der Waals surface area contributed by atoms with Crippen molar-refractivity contribution in [3.8, 4) is 0 Å². The van der Waals surface area contributed by atoms with Crippen LogP contribution in [-0.4, -0.2) is 19.6 Å². The highest BCUT2D eigenvalue weighted by Crippen LogP contribution is 2.19. The van der Waals surface area contributed by atoms with Crippen LogP contribution < -0.4 is 5.73 Å². The van der Waals surface area contributed by atoms with Gasteiger partial charge in [0.05, 0.1) is 17.9 Å². The van der Waals surface area contributed by atoms with Crippen LogP contribution in [0.5, 0.6) is 0 Å². The van der Waals surface area contributed by atoms with Crippen LogP contribution in [0.2, 0.25) is 0 Å². The normalized spacial score (nSPS) is 12.7. The minimum absolute atomic E-state index is 0.0888. The summed E-state index contributed by atoms with van der Waals surface area (Å²) < 4.78 is 1.79. The van der Waals surface area contributed by atoms with Crippen molar-refractivity contribution >= 4 is 5.52 Å². The quantitative estimate of drug-likeness (QED) is 0.749. The van der Waals surface area contributed by atoms with E-state index in [0.29, 0.717) is 0 Å². The van der Waals surface area contributed by atoms with Gasteiger partial charge in [-0.25, -0.2) is 4.52 Å². The maximum Gasteiger partial charge on any atom is 0.0892 e. The topological polar surface area (TPSA) is 69.1 Å². The van der Waals surface area contributed by atoms with Gasteiger partial charge in [0.1, 0.15) is 0 Å². The molecule has 0 aliphatic heterocycles. The summed E-state index contributed by atoms with van der Waals surface area (Å²) in [5, 5.41) is 4.27. The van der Waals surface area contributed by atoms with E-state index in [1.807, 2.05) is 24.5 Å². The lowest BCUT2D eigenvalue weighted by molar-refractivity contribution is 0.726. The van der Waals surface area contributed by atoms with Crippen molar-refractivity contribution in [3.63, 3.8) is 0 Å². The second kappa shape index (κ2) is 4.54. The summed E-state index contributed by atoms with van der Waals surface area (Å²) in [6.45, 7) is 0. The number of hydrogen-bond acceptors (Lipinski definition) is 4. The summed E-state index contributed by atoms with van der Waals surface area (Å²) in [4.78, 5) is 8.11. The Morgan fingerprint density at radius 1 is 1.11 bits per heavy atom. The molecule has 3 aromatic heterocycles. The number of fused-ring (bicyclic) bond motifs is 1. The van der Waals surface area contributed by atoms with Gasteiger partial charge in [-0.3, -0.25) is 9.97 Å². The molecule has 3 rings (SSSR count). The Kier molecular flexibility index (Phi) is 2.74. The maximum atomic E-state index is 6.24. The van der Waals surface area contributed by atoms with Gasteiger partial charge in [0.25, 0.3) is 0 Å².